The quantitative estimate of drug-likeness (QED) is 0.256. The average Bonchev–Trinajstić information content (AvgIpc) is 3.39. The Balaban J connectivity index is 1.08. The minimum absolute atomic E-state index is 0.180. The fourth-order valence-corrected chi connectivity index (χ4v) is 7.16. The van der Waals surface area contributed by atoms with E-state index < -0.39 is 6.04 Å². The lowest BCUT2D eigenvalue weighted by Gasteiger charge is -2.34. The van der Waals surface area contributed by atoms with Crippen molar-refractivity contribution < 1.29 is 9.90 Å². The average molecular weight is 597 g/mol. The fraction of sp³-hybridized carbons (Fsp3) is 0.406. The number of nitrogens with one attached hydrogen (secondary N) is 1. The van der Waals surface area contributed by atoms with E-state index in [-0.39, 0.29) is 12.5 Å². The van der Waals surface area contributed by atoms with Crippen LogP contribution in [0.2, 0.25) is 0 Å². The third kappa shape index (κ3) is 5.60. The highest BCUT2D eigenvalue weighted by Crippen LogP contribution is 2.38. The van der Waals surface area contributed by atoms with E-state index in [2.05, 4.69) is 26.7 Å². The third-order valence-electron chi connectivity index (χ3n) is 8.81. The molecular weight excluding hydrogens is 560 g/mol. The molecule has 222 valence electrons. The van der Waals surface area contributed by atoms with Crippen molar-refractivity contribution in [3.05, 3.63) is 66.5 Å². The second-order valence-electron chi connectivity index (χ2n) is 12.0. The summed E-state index contributed by atoms with van der Waals surface area (Å²) in [4.78, 5) is 38.8. The maximum atomic E-state index is 13.0. The molecule has 0 spiro atoms. The molecule has 1 amide bonds. The summed E-state index contributed by atoms with van der Waals surface area (Å²) in [5.74, 6) is 2.90. The smallest absolute Gasteiger partial charge is 0.254 e. The van der Waals surface area contributed by atoms with Crippen LogP contribution in [-0.4, -0.2) is 92.2 Å². The lowest BCUT2D eigenvalue weighted by atomic mass is 10.1. The molecule has 2 bridgehead atoms. The number of fused-ring (bicyclic) bond motifs is 3. The van der Waals surface area contributed by atoms with Crippen LogP contribution in [0.5, 0.6) is 0 Å². The number of aromatic nitrogens is 4. The third-order valence-corrected chi connectivity index (χ3v) is 9.86. The zero-order chi connectivity index (χ0) is 29.7. The molecule has 0 radical (unpaired) electrons. The van der Waals surface area contributed by atoms with Crippen molar-refractivity contribution in [1.82, 2.24) is 29.7 Å². The zero-order valence-electron chi connectivity index (χ0n) is 24.5. The number of likely N-dealkylation sites (N-methyl/N-ethyl adjacent to an activating group) is 1. The molecule has 2 saturated heterocycles. The number of hydrogen-bond acceptors (Lipinski definition) is 10. The molecule has 7 rings (SSSR count). The summed E-state index contributed by atoms with van der Waals surface area (Å²) in [6, 6.07) is 11.9. The number of rotatable bonds is 10. The van der Waals surface area contributed by atoms with E-state index in [1.807, 2.05) is 43.5 Å². The Morgan fingerprint density at radius 3 is 2.79 bits per heavy atom. The predicted molar refractivity (Wildman–Crippen MR) is 170 cm³/mol. The zero-order valence-corrected chi connectivity index (χ0v) is 25.3. The monoisotopic (exact) mass is 596 g/mol. The molecule has 5 heterocycles. The molecule has 1 saturated carbocycles. The molecule has 43 heavy (non-hydrogen) atoms. The number of benzene rings is 1. The highest BCUT2D eigenvalue weighted by Gasteiger charge is 2.45. The van der Waals surface area contributed by atoms with Crippen LogP contribution >= 0.6 is 11.3 Å². The summed E-state index contributed by atoms with van der Waals surface area (Å²) < 4.78 is 0.949. The molecule has 1 aromatic carbocycles. The number of hydrogen-bond donors (Lipinski definition) is 2. The molecule has 3 aromatic heterocycles. The standard InChI is InChI=1S/C32H36N8O2S/c1-4-23(18-41)38(3)31(42)22-7-5-6-21(11-22)30-35-26-13-28(33-14-27(26)43-30)36-29-10-19(2)34-32(37-29)40-17-24-12-25(40)16-39(24)15-20-8-9-20/h4-7,10-11,13-14,20,23-25,41H,1,8-9,12,15-18H2,2-3H3,(H,33,34,36,37)/t23-,24-,25-/m0/s1. The summed E-state index contributed by atoms with van der Waals surface area (Å²) in [5, 5.41) is 13.7. The molecule has 10 nitrogen and oxygen atoms in total. The minimum Gasteiger partial charge on any atom is -0.394 e. The molecule has 3 aliphatic rings. The second-order valence-corrected chi connectivity index (χ2v) is 13.0. The summed E-state index contributed by atoms with van der Waals surface area (Å²) in [6.07, 6.45) is 7.37. The van der Waals surface area contributed by atoms with Gasteiger partial charge in [0.1, 0.15) is 16.6 Å². The number of carbonyl (C=O) groups excluding carboxylic acids is 1. The van der Waals surface area contributed by atoms with Crippen LogP contribution in [0, 0.1) is 12.8 Å². The van der Waals surface area contributed by atoms with Crippen LogP contribution in [0.25, 0.3) is 20.8 Å². The lowest BCUT2D eigenvalue weighted by Crippen LogP contribution is -2.47. The largest absolute Gasteiger partial charge is 0.394 e. The Bertz CT molecular complexity index is 1690. The van der Waals surface area contributed by atoms with E-state index >= 15 is 0 Å². The first-order valence-electron chi connectivity index (χ1n) is 14.9. The van der Waals surface area contributed by atoms with E-state index in [0.717, 1.165) is 57.3 Å². The number of carbonyl (C=O) groups is 1. The van der Waals surface area contributed by atoms with Gasteiger partial charge >= 0.3 is 0 Å². The Kier molecular flexibility index (Phi) is 7.32. The van der Waals surface area contributed by atoms with Crippen molar-refractivity contribution in [2.24, 2.45) is 5.92 Å². The van der Waals surface area contributed by atoms with Gasteiger partial charge in [-0.15, -0.1) is 17.9 Å². The predicted octanol–water partition coefficient (Wildman–Crippen LogP) is 4.49. The number of piperazine rings is 1. The van der Waals surface area contributed by atoms with Crippen LogP contribution in [-0.2, 0) is 0 Å². The Hall–Kier alpha value is -3.93. The number of aliphatic hydroxyl groups is 1. The first-order valence-corrected chi connectivity index (χ1v) is 15.7. The Labute approximate surface area is 255 Å². The van der Waals surface area contributed by atoms with Gasteiger partial charge in [0.05, 0.1) is 22.9 Å². The fourth-order valence-electron chi connectivity index (χ4n) is 6.25. The first kappa shape index (κ1) is 27.9. The number of nitrogens with zero attached hydrogens (tertiary/aromatic N) is 7. The maximum Gasteiger partial charge on any atom is 0.254 e. The van der Waals surface area contributed by atoms with E-state index in [1.54, 1.807) is 19.2 Å². The van der Waals surface area contributed by atoms with Gasteiger partial charge in [-0.3, -0.25) is 9.69 Å². The summed E-state index contributed by atoms with van der Waals surface area (Å²) in [7, 11) is 1.66. The van der Waals surface area contributed by atoms with Crippen molar-refractivity contribution in [3.63, 3.8) is 0 Å². The van der Waals surface area contributed by atoms with Crippen molar-refractivity contribution in [1.29, 1.82) is 0 Å². The van der Waals surface area contributed by atoms with E-state index in [4.69, 9.17) is 15.0 Å². The van der Waals surface area contributed by atoms with Gasteiger partial charge < -0.3 is 20.2 Å². The van der Waals surface area contributed by atoms with Gasteiger partial charge in [-0.1, -0.05) is 18.2 Å². The van der Waals surface area contributed by atoms with Gasteiger partial charge in [0.15, 0.2) is 0 Å². The summed E-state index contributed by atoms with van der Waals surface area (Å²) in [6.45, 7) is 8.89. The molecule has 1 aliphatic carbocycles. The van der Waals surface area contributed by atoms with Crippen LogP contribution in [0.3, 0.4) is 0 Å². The number of aliphatic hydroxyl groups excluding tert-OH is 1. The summed E-state index contributed by atoms with van der Waals surface area (Å²) in [5.41, 5.74) is 3.11. The van der Waals surface area contributed by atoms with Gasteiger partial charge in [0.2, 0.25) is 5.95 Å². The van der Waals surface area contributed by atoms with Gasteiger partial charge in [-0.2, -0.15) is 4.98 Å². The minimum atomic E-state index is -0.446. The molecule has 3 atom stereocenters. The number of likely N-dealkylation sites (tertiary alicyclic amines) is 1. The van der Waals surface area contributed by atoms with Crippen molar-refractivity contribution in [3.8, 4) is 10.6 Å². The van der Waals surface area contributed by atoms with Gasteiger partial charge in [-0.05, 0) is 44.2 Å². The molecule has 2 N–H and O–H groups in total. The highest BCUT2D eigenvalue weighted by molar-refractivity contribution is 7.21. The van der Waals surface area contributed by atoms with Gasteiger partial charge in [0.25, 0.3) is 5.91 Å². The molecule has 4 aromatic rings. The Morgan fingerprint density at radius 2 is 2.05 bits per heavy atom. The summed E-state index contributed by atoms with van der Waals surface area (Å²) >= 11 is 1.53. The van der Waals surface area contributed by atoms with E-state index in [9.17, 15) is 9.90 Å². The first-order chi connectivity index (χ1) is 20.9. The van der Waals surface area contributed by atoms with Gasteiger partial charge in [-0.25, -0.2) is 15.0 Å². The van der Waals surface area contributed by atoms with Crippen LogP contribution in [0.1, 0.15) is 35.3 Å². The van der Waals surface area contributed by atoms with E-state index in [1.165, 1.54) is 42.0 Å². The number of anilines is 3. The van der Waals surface area contributed by atoms with Crippen molar-refractivity contribution >= 4 is 45.0 Å². The molecule has 3 fully saturated rings. The molecule has 0 unspecified atom stereocenters. The molecule has 2 aliphatic heterocycles. The van der Waals surface area contributed by atoms with Crippen LogP contribution < -0.4 is 10.2 Å². The number of thiazole rings is 1. The van der Waals surface area contributed by atoms with Crippen LogP contribution in [0.15, 0.2) is 55.3 Å². The Morgan fingerprint density at radius 1 is 1.19 bits per heavy atom. The van der Waals surface area contributed by atoms with Crippen molar-refractivity contribution in [2.75, 3.05) is 43.5 Å². The van der Waals surface area contributed by atoms with Gasteiger partial charge in [0, 0.05) is 73.9 Å². The lowest BCUT2D eigenvalue weighted by molar-refractivity contribution is 0.0710. The molecular formula is C32H36N8O2S. The van der Waals surface area contributed by atoms with Crippen molar-refractivity contribution in [2.45, 2.75) is 44.3 Å². The normalized spacial score (nSPS) is 20.5. The SMILES string of the molecule is C=C[C@@H](CO)N(C)C(=O)c1cccc(-c2nc3cc(Nc4cc(C)nc(N5C[C@@H]6C[C@H]5CN6CC5CC5)n4)ncc3s2)c1. The second kappa shape index (κ2) is 11.3. The highest BCUT2D eigenvalue weighted by atomic mass is 32.1. The van der Waals surface area contributed by atoms with E-state index in [0.29, 0.717) is 23.5 Å². The topological polar surface area (TPSA) is 111 Å². The number of aryl methyl sites for hydroxylation is 1. The maximum absolute atomic E-state index is 13.0. The number of amides is 1. The molecule has 11 heteroatoms. The number of pyridine rings is 1. The van der Waals surface area contributed by atoms with Crippen LogP contribution in [0.4, 0.5) is 17.6 Å².